The Labute approximate surface area is 99.2 Å². The third-order valence-electron chi connectivity index (χ3n) is 4.66. The number of rotatable bonds is 1. The van der Waals surface area contributed by atoms with E-state index in [1.54, 1.807) is 0 Å². The zero-order valence-corrected chi connectivity index (χ0v) is 10.3. The normalized spacial score (nSPS) is 38.2. The first-order valence-electron chi connectivity index (χ1n) is 7.14. The number of nitrogens with one attached hydrogen (secondary N) is 1. The lowest BCUT2D eigenvalue weighted by Gasteiger charge is -2.37. The predicted molar refractivity (Wildman–Crippen MR) is 66.7 cm³/mol. The van der Waals surface area contributed by atoms with Crippen LogP contribution in [0.5, 0.6) is 0 Å². The Morgan fingerprint density at radius 2 is 1.50 bits per heavy atom. The zero-order valence-electron chi connectivity index (χ0n) is 10.3. The van der Waals surface area contributed by atoms with Crippen LogP contribution in [0.3, 0.4) is 0 Å². The van der Waals surface area contributed by atoms with Crippen LogP contribution in [0.25, 0.3) is 0 Å². The van der Waals surface area contributed by atoms with E-state index in [9.17, 15) is 0 Å². The van der Waals surface area contributed by atoms with Crippen molar-refractivity contribution in [1.82, 2.24) is 15.1 Å². The monoisotopic (exact) mass is 223 g/mol. The van der Waals surface area contributed by atoms with Crippen LogP contribution >= 0.6 is 0 Å². The molecule has 2 unspecified atom stereocenters. The molecular weight excluding hydrogens is 198 g/mol. The third-order valence-corrected chi connectivity index (χ3v) is 4.66. The van der Waals surface area contributed by atoms with Gasteiger partial charge in [0.05, 0.1) is 0 Å². The summed E-state index contributed by atoms with van der Waals surface area (Å²) in [6, 6.07) is 1.77. The summed E-state index contributed by atoms with van der Waals surface area (Å²) in [5, 5.41) is 3.52. The molecule has 3 fully saturated rings. The first-order valence-corrected chi connectivity index (χ1v) is 7.14. The van der Waals surface area contributed by atoms with Crippen LogP contribution < -0.4 is 5.32 Å². The molecule has 3 saturated heterocycles. The molecule has 0 aromatic carbocycles. The Kier molecular flexibility index (Phi) is 3.46. The molecule has 0 radical (unpaired) electrons. The lowest BCUT2D eigenvalue weighted by Crippen LogP contribution is -2.48. The van der Waals surface area contributed by atoms with Gasteiger partial charge in [0.2, 0.25) is 0 Å². The van der Waals surface area contributed by atoms with Gasteiger partial charge in [-0.3, -0.25) is 9.80 Å². The fourth-order valence-corrected chi connectivity index (χ4v) is 3.84. The Balaban J connectivity index is 1.64. The second-order valence-electron chi connectivity index (χ2n) is 5.59. The van der Waals surface area contributed by atoms with E-state index in [1.807, 2.05) is 0 Å². The molecule has 92 valence electrons. The van der Waals surface area contributed by atoms with E-state index in [0.717, 1.165) is 12.1 Å². The summed E-state index contributed by atoms with van der Waals surface area (Å²) in [7, 11) is 0. The Bertz CT molecular complexity index is 223. The topological polar surface area (TPSA) is 18.5 Å². The van der Waals surface area contributed by atoms with Crippen molar-refractivity contribution in [1.29, 1.82) is 0 Å². The van der Waals surface area contributed by atoms with Gasteiger partial charge in [0.15, 0.2) is 0 Å². The Morgan fingerprint density at radius 3 is 2.50 bits per heavy atom. The molecule has 3 heteroatoms. The Hall–Kier alpha value is -0.120. The average Bonchev–Trinajstić information content (AvgIpc) is 2.57. The highest BCUT2D eigenvalue weighted by Gasteiger charge is 2.38. The fraction of sp³-hybridized carbons (Fsp3) is 1.00. The number of piperidine rings is 1. The van der Waals surface area contributed by atoms with Gasteiger partial charge in [0.1, 0.15) is 0 Å². The molecule has 3 aliphatic rings. The molecule has 3 nitrogen and oxygen atoms in total. The van der Waals surface area contributed by atoms with Crippen molar-refractivity contribution < 1.29 is 0 Å². The minimum absolute atomic E-state index is 0.875. The fourth-order valence-electron chi connectivity index (χ4n) is 3.84. The summed E-state index contributed by atoms with van der Waals surface area (Å²) in [6.45, 7) is 7.74. The molecule has 2 atom stereocenters. The molecule has 0 aromatic heterocycles. The summed E-state index contributed by atoms with van der Waals surface area (Å²) in [4.78, 5) is 5.53. The van der Waals surface area contributed by atoms with Crippen LogP contribution in [0.4, 0.5) is 0 Å². The van der Waals surface area contributed by atoms with Gasteiger partial charge in [-0.2, -0.15) is 0 Å². The van der Waals surface area contributed by atoms with Crippen molar-refractivity contribution in [3.63, 3.8) is 0 Å². The van der Waals surface area contributed by atoms with Gasteiger partial charge in [0, 0.05) is 31.7 Å². The van der Waals surface area contributed by atoms with Crippen LogP contribution in [-0.2, 0) is 0 Å². The van der Waals surface area contributed by atoms with Gasteiger partial charge >= 0.3 is 0 Å². The van der Waals surface area contributed by atoms with Crippen LogP contribution in [0.1, 0.15) is 32.1 Å². The van der Waals surface area contributed by atoms with Crippen molar-refractivity contribution in [3.05, 3.63) is 0 Å². The molecule has 0 aromatic rings. The van der Waals surface area contributed by atoms with E-state index in [2.05, 4.69) is 15.1 Å². The summed E-state index contributed by atoms with van der Waals surface area (Å²) in [5.41, 5.74) is 0. The smallest absolute Gasteiger partial charge is 0.0264 e. The zero-order chi connectivity index (χ0) is 10.8. The van der Waals surface area contributed by atoms with E-state index in [-0.39, 0.29) is 0 Å². The second kappa shape index (κ2) is 5.03. The van der Waals surface area contributed by atoms with E-state index in [1.165, 1.54) is 71.4 Å². The molecule has 0 saturated carbocycles. The first kappa shape index (κ1) is 11.0. The van der Waals surface area contributed by atoms with E-state index in [4.69, 9.17) is 0 Å². The predicted octanol–water partition coefficient (Wildman–Crippen LogP) is 0.909. The quantitative estimate of drug-likeness (QED) is 0.713. The van der Waals surface area contributed by atoms with Gasteiger partial charge in [-0.1, -0.05) is 6.42 Å². The molecule has 0 aliphatic carbocycles. The summed E-state index contributed by atoms with van der Waals surface area (Å²) >= 11 is 0. The van der Waals surface area contributed by atoms with Crippen LogP contribution in [-0.4, -0.2) is 61.2 Å². The van der Waals surface area contributed by atoms with Crippen molar-refractivity contribution >= 4 is 0 Å². The van der Waals surface area contributed by atoms with Crippen LogP contribution in [0.2, 0.25) is 0 Å². The number of fused-ring (bicyclic) bond motifs is 1. The van der Waals surface area contributed by atoms with Gasteiger partial charge in [-0.25, -0.2) is 0 Å². The molecule has 1 N–H and O–H groups in total. The van der Waals surface area contributed by atoms with E-state index < -0.39 is 0 Å². The highest BCUT2D eigenvalue weighted by atomic mass is 15.3. The molecule has 0 amide bonds. The maximum atomic E-state index is 3.52. The minimum Gasteiger partial charge on any atom is -0.315 e. The standard InChI is InChI=1S/C13H25N3/c1-2-8-15-10-5-13(12(15)4-1)16-9-3-6-14-7-11-16/h12-14H,1-11H2. The molecule has 0 bridgehead atoms. The molecule has 3 aliphatic heterocycles. The highest BCUT2D eigenvalue weighted by molar-refractivity contribution is 4.95. The molecular formula is C13H25N3. The van der Waals surface area contributed by atoms with E-state index in [0.29, 0.717) is 0 Å². The number of nitrogens with zero attached hydrogens (tertiary/aromatic N) is 2. The molecule has 0 spiro atoms. The van der Waals surface area contributed by atoms with Crippen molar-refractivity contribution in [2.45, 2.75) is 44.2 Å². The highest BCUT2D eigenvalue weighted by Crippen LogP contribution is 2.30. The number of hydrogen-bond acceptors (Lipinski definition) is 3. The third kappa shape index (κ3) is 2.13. The SMILES string of the molecule is C1CCN2CCC(N3CCCNCC3)C2C1. The van der Waals surface area contributed by atoms with Gasteiger partial charge in [-0.15, -0.1) is 0 Å². The van der Waals surface area contributed by atoms with E-state index >= 15 is 0 Å². The lowest BCUT2D eigenvalue weighted by molar-refractivity contribution is 0.118. The molecule has 3 heterocycles. The van der Waals surface area contributed by atoms with Gasteiger partial charge in [-0.05, 0) is 45.3 Å². The molecule has 3 rings (SSSR count). The van der Waals surface area contributed by atoms with Crippen molar-refractivity contribution in [2.75, 3.05) is 39.3 Å². The number of hydrogen-bond donors (Lipinski definition) is 1. The van der Waals surface area contributed by atoms with Crippen molar-refractivity contribution in [2.24, 2.45) is 0 Å². The van der Waals surface area contributed by atoms with Crippen LogP contribution in [0, 0.1) is 0 Å². The minimum atomic E-state index is 0.875. The Morgan fingerprint density at radius 1 is 0.688 bits per heavy atom. The summed E-state index contributed by atoms with van der Waals surface area (Å²) in [6.07, 6.45) is 7.11. The molecule has 16 heavy (non-hydrogen) atoms. The second-order valence-corrected chi connectivity index (χ2v) is 5.59. The summed E-state index contributed by atoms with van der Waals surface area (Å²) in [5.74, 6) is 0. The van der Waals surface area contributed by atoms with Gasteiger partial charge in [0.25, 0.3) is 0 Å². The first-order chi connectivity index (χ1) is 7.95. The van der Waals surface area contributed by atoms with Crippen molar-refractivity contribution in [3.8, 4) is 0 Å². The lowest BCUT2D eigenvalue weighted by atomic mass is 9.98. The maximum absolute atomic E-state index is 3.52. The average molecular weight is 223 g/mol. The van der Waals surface area contributed by atoms with Gasteiger partial charge < -0.3 is 5.32 Å². The summed E-state index contributed by atoms with van der Waals surface area (Å²) < 4.78 is 0. The maximum Gasteiger partial charge on any atom is 0.0264 e. The van der Waals surface area contributed by atoms with Crippen LogP contribution in [0.15, 0.2) is 0 Å². The largest absolute Gasteiger partial charge is 0.315 e.